The van der Waals surface area contributed by atoms with E-state index in [-0.39, 0.29) is 11.5 Å². The van der Waals surface area contributed by atoms with E-state index in [4.69, 9.17) is 23.2 Å². The van der Waals surface area contributed by atoms with Gasteiger partial charge in [0.05, 0.1) is 5.25 Å². The lowest BCUT2D eigenvalue weighted by molar-refractivity contribution is -0.117. The van der Waals surface area contributed by atoms with Crippen LogP contribution in [0.2, 0.25) is 10.0 Å². The lowest BCUT2D eigenvalue weighted by Gasteiger charge is -2.18. The quantitative estimate of drug-likeness (QED) is 0.556. The molecular formula is C21H17Cl2N3O2S. The van der Waals surface area contributed by atoms with Crippen LogP contribution in [-0.4, -0.2) is 24.1 Å². The van der Waals surface area contributed by atoms with Gasteiger partial charge in [0.15, 0.2) is 0 Å². The van der Waals surface area contributed by atoms with Gasteiger partial charge in [-0.2, -0.15) is 5.26 Å². The predicted octanol–water partition coefficient (Wildman–Crippen LogP) is 4.47. The van der Waals surface area contributed by atoms with Crippen molar-refractivity contribution in [2.24, 2.45) is 0 Å². The van der Waals surface area contributed by atoms with Crippen molar-refractivity contribution < 1.29 is 9.59 Å². The fourth-order valence-electron chi connectivity index (χ4n) is 2.94. The number of nitrogens with zero attached hydrogens (tertiary/aromatic N) is 2. The Morgan fingerprint density at radius 3 is 2.55 bits per heavy atom. The molecule has 1 saturated heterocycles. The first kappa shape index (κ1) is 21.3. The van der Waals surface area contributed by atoms with E-state index in [0.29, 0.717) is 27.2 Å². The van der Waals surface area contributed by atoms with E-state index in [9.17, 15) is 14.9 Å². The molecule has 29 heavy (non-hydrogen) atoms. The standard InChI is InChI=1S/C21H17Cl2N3O2S/c1-12-3-6-15(7-4-12)26-20(28)18(10-13-9-14(22)5-8-17(13)23)29-21(26)16(11-24)19(27)25-2/h3-9,18H,10H2,1-2H3,(H,25,27)/b21-16-. The number of hydrogen-bond donors (Lipinski definition) is 1. The first-order valence-corrected chi connectivity index (χ1v) is 10.4. The van der Waals surface area contributed by atoms with Crippen molar-refractivity contribution in [3.05, 3.63) is 74.2 Å². The molecule has 1 unspecified atom stereocenters. The average Bonchev–Trinajstić information content (AvgIpc) is 3.01. The zero-order chi connectivity index (χ0) is 21.1. The number of thioether (sulfide) groups is 1. The summed E-state index contributed by atoms with van der Waals surface area (Å²) in [5.41, 5.74) is 2.26. The average molecular weight is 446 g/mol. The van der Waals surface area contributed by atoms with Gasteiger partial charge in [0, 0.05) is 22.8 Å². The zero-order valence-corrected chi connectivity index (χ0v) is 18.0. The van der Waals surface area contributed by atoms with E-state index < -0.39 is 11.2 Å². The molecule has 1 aliphatic rings. The van der Waals surface area contributed by atoms with Gasteiger partial charge in [-0.25, -0.2) is 0 Å². The second-order valence-corrected chi connectivity index (χ2v) is 8.46. The highest BCUT2D eigenvalue weighted by atomic mass is 35.5. The Bertz CT molecular complexity index is 1040. The summed E-state index contributed by atoms with van der Waals surface area (Å²) in [6, 6.07) is 14.4. The molecule has 8 heteroatoms. The van der Waals surface area contributed by atoms with E-state index in [1.54, 1.807) is 30.3 Å². The van der Waals surface area contributed by atoms with Gasteiger partial charge >= 0.3 is 0 Å². The van der Waals surface area contributed by atoms with Gasteiger partial charge in [0.25, 0.3) is 5.91 Å². The number of amides is 2. The molecule has 1 fully saturated rings. The van der Waals surface area contributed by atoms with Crippen molar-refractivity contribution >= 4 is 52.5 Å². The van der Waals surface area contributed by atoms with Gasteiger partial charge in [-0.3, -0.25) is 14.5 Å². The van der Waals surface area contributed by atoms with Crippen molar-refractivity contribution in [2.75, 3.05) is 11.9 Å². The maximum Gasteiger partial charge on any atom is 0.264 e. The van der Waals surface area contributed by atoms with Gasteiger partial charge < -0.3 is 5.32 Å². The van der Waals surface area contributed by atoms with Crippen LogP contribution in [0.4, 0.5) is 5.69 Å². The van der Waals surface area contributed by atoms with Crippen LogP contribution in [0.25, 0.3) is 0 Å². The third-order valence-electron chi connectivity index (χ3n) is 4.44. The predicted molar refractivity (Wildman–Crippen MR) is 117 cm³/mol. The number of carbonyl (C=O) groups is 2. The van der Waals surface area contributed by atoms with E-state index >= 15 is 0 Å². The minimum atomic E-state index is -0.546. The summed E-state index contributed by atoms with van der Waals surface area (Å²) >= 11 is 13.5. The van der Waals surface area contributed by atoms with Crippen LogP contribution >= 0.6 is 35.0 Å². The molecule has 2 aromatic rings. The molecule has 0 spiro atoms. The molecule has 0 saturated carbocycles. The molecule has 3 rings (SSSR count). The molecule has 0 aliphatic carbocycles. The molecule has 1 heterocycles. The summed E-state index contributed by atoms with van der Waals surface area (Å²) in [6.07, 6.45) is 0.321. The molecule has 2 amide bonds. The Morgan fingerprint density at radius 1 is 1.24 bits per heavy atom. The molecule has 0 radical (unpaired) electrons. The molecule has 148 valence electrons. The number of anilines is 1. The topological polar surface area (TPSA) is 73.2 Å². The van der Waals surface area contributed by atoms with E-state index in [1.807, 2.05) is 25.1 Å². The third-order valence-corrected chi connectivity index (χ3v) is 6.30. The Hall–Kier alpha value is -2.46. The number of aryl methyl sites for hydroxylation is 1. The summed E-state index contributed by atoms with van der Waals surface area (Å²) in [5.74, 6) is -0.761. The molecule has 1 aliphatic heterocycles. The normalized spacial score (nSPS) is 17.8. The summed E-state index contributed by atoms with van der Waals surface area (Å²) in [5, 5.41) is 12.8. The summed E-state index contributed by atoms with van der Waals surface area (Å²) in [6.45, 7) is 1.94. The Balaban J connectivity index is 2.06. The number of nitriles is 1. The van der Waals surface area contributed by atoms with Crippen LogP contribution in [-0.2, 0) is 16.0 Å². The van der Waals surface area contributed by atoms with Crippen LogP contribution in [0.15, 0.2) is 53.1 Å². The largest absolute Gasteiger partial charge is 0.354 e. The second kappa shape index (κ2) is 8.91. The van der Waals surface area contributed by atoms with Gasteiger partial charge in [-0.15, -0.1) is 0 Å². The number of carbonyl (C=O) groups excluding carboxylic acids is 2. The molecule has 1 N–H and O–H groups in total. The number of hydrogen-bond acceptors (Lipinski definition) is 4. The minimum Gasteiger partial charge on any atom is -0.354 e. The zero-order valence-electron chi connectivity index (χ0n) is 15.7. The highest BCUT2D eigenvalue weighted by Crippen LogP contribution is 2.42. The van der Waals surface area contributed by atoms with Crippen LogP contribution in [0, 0.1) is 18.3 Å². The number of rotatable bonds is 4. The number of halogens is 2. The smallest absolute Gasteiger partial charge is 0.264 e. The van der Waals surface area contributed by atoms with E-state index in [0.717, 1.165) is 11.1 Å². The first-order valence-electron chi connectivity index (χ1n) is 8.73. The monoisotopic (exact) mass is 445 g/mol. The van der Waals surface area contributed by atoms with Gasteiger partial charge in [0.2, 0.25) is 5.91 Å². The molecule has 0 aromatic heterocycles. The summed E-state index contributed by atoms with van der Waals surface area (Å²) in [7, 11) is 1.45. The number of nitrogens with one attached hydrogen (secondary N) is 1. The fourth-order valence-corrected chi connectivity index (χ4v) is 4.63. The van der Waals surface area contributed by atoms with Crippen LogP contribution < -0.4 is 10.2 Å². The molecular weight excluding hydrogens is 429 g/mol. The Labute approximate surface area is 183 Å². The van der Waals surface area contributed by atoms with Crippen molar-refractivity contribution in [3.63, 3.8) is 0 Å². The van der Waals surface area contributed by atoms with Crippen molar-refractivity contribution in [3.8, 4) is 6.07 Å². The van der Waals surface area contributed by atoms with E-state index in [2.05, 4.69) is 5.32 Å². The van der Waals surface area contributed by atoms with E-state index in [1.165, 1.54) is 23.7 Å². The lowest BCUT2D eigenvalue weighted by Crippen LogP contribution is -2.31. The van der Waals surface area contributed by atoms with Crippen LogP contribution in [0.1, 0.15) is 11.1 Å². The highest BCUT2D eigenvalue weighted by Gasteiger charge is 2.40. The second-order valence-electron chi connectivity index (χ2n) is 6.43. The fraction of sp³-hybridized carbons (Fsp3) is 0.190. The summed E-state index contributed by atoms with van der Waals surface area (Å²) < 4.78 is 0. The highest BCUT2D eigenvalue weighted by molar-refractivity contribution is 8.05. The summed E-state index contributed by atoms with van der Waals surface area (Å²) in [4.78, 5) is 27.0. The molecule has 0 bridgehead atoms. The number of benzene rings is 2. The van der Waals surface area contributed by atoms with Crippen molar-refractivity contribution in [2.45, 2.75) is 18.6 Å². The molecule has 5 nitrogen and oxygen atoms in total. The van der Waals surface area contributed by atoms with Crippen molar-refractivity contribution in [1.29, 1.82) is 5.26 Å². The van der Waals surface area contributed by atoms with Gasteiger partial charge in [-0.05, 0) is 49.2 Å². The Morgan fingerprint density at radius 2 is 1.93 bits per heavy atom. The van der Waals surface area contributed by atoms with Crippen LogP contribution in [0.3, 0.4) is 0 Å². The van der Waals surface area contributed by atoms with Crippen molar-refractivity contribution in [1.82, 2.24) is 5.32 Å². The maximum atomic E-state index is 13.3. The minimum absolute atomic E-state index is 0.105. The molecule has 1 atom stereocenters. The SMILES string of the molecule is CNC(=O)/C(C#N)=C1\SC(Cc2cc(Cl)ccc2Cl)C(=O)N1c1ccc(C)cc1. The maximum absolute atomic E-state index is 13.3. The first-order chi connectivity index (χ1) is 13.8. The number of likely N-dealkylation sites (N-methyl/N-ethyl adjacent to an activating group) is 1. The molecule has 2 aromatic carbocycles. The van der Waals surface area contributed by atoms with Gasteiger partial charge in [-0.1, -0.05) is 52.7 Å². The third kappa shape index (κ3) is 4.43. The lowest BCUT2D eigenvalue weighted by atomic mass is 10.1. The van der Waals surface area contributed by atoms with Gasteiger partial charge in [0.1, 0.15) is 16.7 Å². The van der Waals surface area contributed by atoms with Crippen LogP contribution in [0.5, 0.6) is 0 Å². The Kier molecular flexibility index (Phi) is 6.53.